The van der Waals surface area contributed by atoms with Crippen molar-refractivity contribution >= 4 is 23.2 Å². The molecule has 0 saturated heterocycles. The predicted octanol–water partition coefficient (Wildman–Crippen LogP) is 4.94. The summed E-state index contributed by atoms with van der Waals surface area (Å²) in [7, 11) is 0. The normalized spacial score (nSPS) is 13.4. The summed E-state index contributed by atoms with van der Waals surface area (Å²) in [5, 5.41) is 16.0. The van der Waals surface area contributed by atoms with Crippen LogP contribution in [0.2, 0.25) is 5.02 Å². The summed E-state index contributed by atoms with van der Waals surface area (Å²) in [6.45, 7) is 2.63. The van der Waals surface area contributed by atoms with Crippen LogP contribution in [0, 0.1) is 6.92 Å². The van der Waals surface area contributed by atoms with Gasteiger partial charge in [0.15, 0.2) is 11.6 Å². The van der Waals surface area contributed by atoms with E-state index in [0.717, 1.165) is 48.6 Å². The lowest BCUT2D eigenvalue weighted by molar-refractivity contribution is 0.102. The van der Waals surface area contributed by atoms with E-state index in [1.165, 1.54) is 6.42 Å². The first kappa shape index (κ1) is 20.4. The molecule has 2 aromatic carbocycles. The topological polar surface area (TPSA) is 98.7 Å². The highest BCUT2D eigenvalue weighted by Crippen LogP contribution is 2.31. The van der Waals surface area contributed by atoms with Crippen molar-refractivity contribution < 1.29 is 9.32 Å². The molecule has 0 aliphatic carbocycles. The van der Waals surface area contributed by atoms with Crippen LogP contribution in [0.25, 0.3) is 22.8 Å². The third-order valence-corrected chi connectivity index (χ3v) is 5.83. The number of anilines is 1. The Labute approximate surface area is 189 Å². The van der Waals surface area contributed by atoms with E-state index in [1.807, 2.05) is 6.07 Å². The molecule has 0 bridgehead atoms. The number of nitrogens with one attached hydrogen (secondary N) is 1. The molecule has 0 fully saturated rings. The number of amides is 1. The number of carbonyl (C=O) groups excluding carboxylic acids is 1. The SMILES string of the molecule is Cc1noc(-c2ccc(C(=O)Nc3ccc(Cl)c(-c4nnc5n4CCCCC5)c3)cc2)n1. The molecule has 0 saturated carbocycles. The van der Waals surface area contributed by atoms with Crippen molar-refractivity contribution in [2.75, 3.05) is 5.32 Å². The molecule has 9 heteroatoms. The van der Waals surface area contributed by atoms with Gasteiger partial charge in [-0.2, -0.15) is 4.98 Å². The molecule has 0 atom stereocenters. The fraction of sp³-hybridized carbons (Fsp3) is 0.261. The largest absolute Gasteiger partial charge is 0.334 e. The van der Waals surface area contributed by atoms with E-state index < -0.39 is 0 Å². The molecule has 32 heavy (non-hydrogen) atoms. The number of rotatable bonds is 4. The number of hydrogen-bond donors (Lipinski definition) is 1. The van der Waals surface area contributed by atoms with Gasteiger partial charge in [0.2, 0.25) is 0 Å². The van der Waals surface area contributed by atoms with Crippen LogP contribution in [0.3, 0.4) is 0 Å². The summed E-state index contributed by atoms with van der Waals surface area (Å²) < 4.78 is 7.30. The highest BCUT2D eigenvalue weighted by molar-refractivity contribution is 6.33. The first-order chi connectivity index (χ1) is 15.6. The minimum atomic E-state index is -0.230. The molecule has 4 aromatic rings. The summed E-state index contributed by atoms with van der Waals surface area (Å²) in [4.78, 5) is 17.0. The predicted molar refractivity (Wildman–Crippen MR) is 120 cm³/mol. The Hall–Kier alpha value is -3.52. The minimum Gasteiger partial charge on any atom is -0.334 e. The fourth-order valence-electron chi connectivity index (χ4n) is 3.84. The molecule has 5 rings (SSSR count). The molecular weight excluding hydrogens is 428 g/mol. The third kappa shape index (κ3) is 4.01. The Kier molecular flexibility index (Phi) is 5.45. The first-order valence-electron chi connectivity index (χ1n) is 10.5. The number of fused-ring (bicyclic) bond motifs is 1. The van der Waals surface area contributed by atoms with Crippen LogP contribution in [0.15, 0.2) is 47.0 Å². The maximum absolute atomic E-state index is 12.8. The van der Waals surface area contributed by atoms with Crippen LogP contribution in [-0.4, -0.2) is 30.8 Å². The highest BCUT2D eigenvalue weighted by Gasteiger charge is 2.19. The van der Waals surface area contributed by atoms with Crippen LogP contribution in [0.1, 0.15) is 41.3 Å². The Balaban J connectivity index is 1.37. The van der Waals surface area contributed by atoms with Gasteiger partial charge in [-0.3, -0.25) is 4.79 Å². The molecule has 3 heterocycles. The Morgan fingerprint density at radius 3 is 2.72 bits per heavy atom. The monoisotopic (exact) mass is 448 g/mol. The van der Waals surface area contributed by atoms with Crippen LogP contribution in [-0.2, 0) is 13.0 Å². The molecule has 162 valence electrons. The van der Waals surface area contributed by atoms with E-state index in [0.29, 0.717) is 28.0 Å². The zero-order valence-electron chi connectivity index (χ0n) is 17.5. The molecule has 0 unspecified atom stereocenters. The van der Waals surface area contributed by atoms with Gasteiger partial charge in [0.1, 0.15) is 5.82 Å². The number of nitrogens with zero attached hydrogens (tertiary/aromatic N) is 5. The van der Waals surface area contributed by atoms with Crippen LogP contribution in [0.4, 0.5) is 5.69 Å². The molecule has 1 aliphatic heterocycles. The van der Waals surface area contributed by atoms with E-state index >= 15 is 0 Å². The van der Waals surface area contributed by atoms with Gasteiger partial charge in [-0.05, 0) is 62.2 Å². The van der Waals surface area contributed by atoms with Crippen molar-refractivity contribution in [3.8, 4) is 22.8 Å². The number of aryl methyl sites for hydroxylation is 2. The van der Waals surface area contributed by atoms with E-state index in [2.05, 4.69) is 30.2 Å². The molecular formula is C23H21ClN6O2. The van der Waals surface area contributed by atoms with Gasteiger partial charge in [0, 0.05) is 35.3 Å². The van der Waals surface area contributed by atoms with Gasteiger partial charge in [-0.15, -0.1) is 10.2 Å². The summed E-state index contributed by atoms with van der Waals surface area (Å²) in [5.41, 5.74) is 2.66. The van der Waals surface area contributed by atoms with E-state index in [1.54, 1.807) is 43.3 Å². The fourth-order valence-corrected chi connectivity index (χ4v) is 4.04. The van der Waals surface area contributed by atoms with Gasteiger partial charge in [0.25, 0.3) is 11.8 Å². The lowest BCUT2D eigenvalue weighted by Crippen LogP contribution is -2.12. The maximum atomic E-state index is 12.8. The molecule has 2 aromatic heterocycles. The number of aromatic nitrogens is 5. The van der Waals surface area contributed by atoms with Crippen molar-refractivity contribution in [2.45, 2.75) is 39.2 Å². The number of carbonyl (C=O) groups is 1. The summed E-state index contributed by atoms with van der Waals surface area (Å²) in [6, 6.07) is 12.4. The van der Waals surface area contributed by atoms with Crippen molar-refractivity contribution in [1.82, 2.24) is 24.9 Å². The van der Waals surface area contributed by atoms with E-state index in [-0.39, 0.29) is 5.91 Å². The summed E-state index contributed by atoms with van der Waals surface area (Å²) in [5.74, 6) is 2.47. The van der Waals surface area contributed by atoms with E-state index in [9.17, 15) is 4.79 Å². The molecule has 1 amide bonds. The van der Waals surface area contributed by atoms with Crippen molar-refractivity contribution in [3.05, 3.63) is 64.7 Å². The zero-order chi connectivity index (χ0) is 22.1. The lowest BCUT2D eigenvalue weighted by atomic mass is 10.1. The van der Waals surface area contributed by atoms with Gasteiger partial charge in [0.05, 0.1) is 5.02 Å². The second-order valence-electron chi connectivity index (χ2n) is 7.77. The van der Waals surface area contributed by atoms with Crippen LogP contribution >= 0.6 is 11.6 Å². The summed E-state index contributed by atoms with van der Waals surface area (Å²) >= 11 is 6.49. The van der Waals surface area contributed by atoms with Crippen LogP contribution in [0.5, 0.6) is 0 Å². The van der Waals surface area contributed by atoms with Crippen molar-refractivity contribution in [3.63, 3.8) is 0 Å². The molecule has 0 spiro atoms. The Morgan fingerprint density at radius 1 is 1.09 bits per heavy atom. The lowest BCUT2D eigenvalue weighted by Gasteiger charge is -2.11. The standard InChI is InChI=1S/C23H21ClN6O2/c1-14-25-23(32-29-14)16-8-6-15(7-9-16)22(31)26-17-10-11-19(24)18(13-17)21-28-27-20-5-3-2-4-12-30(20)21/h6-11,13H,2-5,12H2,1H3,(H,26,31). The van der Waals surface area contributed by atoms with E-state index in [4.69, 9.17) is 16.1 Å². The molecule has 8 nitrogen and oxygen atoms in total. The molecule has 1 aliphatic rings. The smallest absolute Gasteiger partial charge is 0.257 e. The third-order valence-electron chi connectivity index (χ3n) is 5.50. The van der Waals surface area contributed by atoms with Crippen molar-refractivity contribution in [2.24, 2.45) is 0 Å². The second-order valence-corrected chi connectivity index (χ2v) is 8.18. The first-order valence-corrected chi connectivity index (χ1v) is 10.9. The van der Waals surface area contributed by atoms with Gasteiger partial charge in [-0.25, -0.2) is 0 Å². The molecule has 1 N–H and O–H groups in total. The van der Waals surface area contributed by atoms with Crippen LogP contribution < -0.4 is 5.32 Å². The Morgan fingerprint density at radius 2 is 1.94 bits per heavy atom. The van der Waals surface area contributed by atoms with Gasteiger partial charge >= 0.3 is 0 Å². The minimum absolute atomic E-state index is 0.230. The van der Waals surface area contributed by atoms with Gasteiger partial charge in [-0.1, -0.05) is 23.2 Å². The number of benzene rings is 2. The quantitative estimate of drug-likeness (QED) is 0.475. The van der Waals surface area contributed by atoms with Crippen molar-refractivity contribution in [1.29, 1.82) is 0 Å². The summed E-state index contributed by atoms with van der Waals surface area (Å²) in [6.07, 6.45) is 4.30. The second kappa shape index (κ2) is 8.55. The highest BCUT2D eigenvalue weighted by atomic mass is 35.5. The molecule has 0 radical (unpaired) electrons. The number of halogens is 1. The zero-order valence-corrected chi connectivity index (χ0v) is 18.3. The number of hydrogen-bond acceptors (Lipinski definition) is 6. The maximum Gasteiger partial charge on any atom is 0.257 e. The average molecular weight is 449 g/mol. The van der Waals surface area contributed by atoms with Gasteiger partial charge < -0.3 is 14.4 Å². The Bertz CT molecular complexity index is 1280. The average Bonchev–Trinajstić information content (AvgIpc) is 3.34.